The van der Waals surface area contributed by atoms with E-state index in [0.29, 0.717) is 12.1 Å². The van der Waals surface area contributed by atoms with E-state index in [0.717, 1.165) is 57.7 Å². The van der Waals surface area contributed by atoms with Gasteiger partial charge in [0.15, 0.2) is 0 Å². The van der Waals surface area contributed by atoms with Crippen molar-refractivity contribution in [2.75, 3.05) is 19.8 Å². The van der Waals surface area contributed by atoms with Gasteiger partial charge in [-0.25, -0.2) is 4.68 Å². The molecule has 0 radical (unpaired) electrons. The van der Waals surface area contributed by atoms with Crippen LogP contribution in [0, 0.1) is 0 Å². The summed E-state index contributed by atoms with van der Waals surface area (Å²) in [6.07, 6.45) is 6.12. The second-order valence-corrected chi connectivity index (χ2v) is 6.52. The van der Waals surface area contributed by atoms with Crippen molar-refractivity contribution in [3.05, 3.63) is 11.9 Å². The lowest BCUT2D eigenvalue weighted by Gasteiger charge is -2.43. The Bertz CT molecular complexity index is 449. The zero-order valence-corrected chi connectivity index (χ0v) is 13.0. The van der Waals surface area contributed by atoms with Crippen LogP contribution in [0.5, 0.6) is 0 Å². The molecule has 0 amide bonds. The predicted molar refractivity (Wildman–Crippen MR) is 79.0 cm³/mol. The number of aromatic nitrogens is 3. The highest BCUT2D eigenvalue weighted by atomic mass is 16.5. The Morgan fingerprint density at radius 1 is 1.38 bits per heavy atom. The third kappa shape index (κ3) is 3.62. The minimum Gasteiger partial charge on any atom is -0.381 e. The Morgan fingerprint density at radius 3 is 2.95 bits per heavy atom. The molecular weight excluding hydrogens is 268 g/mol. The summed E-state index contributed by atoms with van der Waals surface area (Å²) >= 11 is 0. The summed E-state index contributed by atoms with van der Waals surface area (Å²) < 4.78 is 13.6. The molecule has 1 aromatic rings. The number of ether oxygens (including phenoxy) is 2. The summed E-state index contributed by atoms with van der Waals surface area (Å²) in [5, 5.41) is 12.0. The van der Waals surface area contributed by atoms with Crippen molar-refractivity contribution in [1.29, 1.82) is 0 Å². The van der Waals surface area contributed by atoms with Gasteiger partial charge in [-0.2, -0.15) is 0 Å². The number of nitrogens with one attached hydrogen (secondary N) is 1. The highest BCUT2D eigenvalue weighted by molar-refractivity contribution is 4.96. The molecule has 1 aromatic heterocycles. The maximum atomic E-state index is 6.09. The fourth-order valence-corrected chi connectivity index (χ4v) is 3.20. The molecule has 6 heteroatoms. The third-order valence-electron chi connectivity index (χ3n) is 4.49. The van der Waals surface area contributed by atoms with Crippen molar-refractivity contribution >= 4 is 0 Å². The summed E-state index contributed by atoms with van der Waals surface area (Å²) in [7, 11) is 0. The van der Waals surface area contributed by atoms with Crippen LogP contribution in [0.1, 0.15) is 51.3 Å². The Kier molecular flexibility index (Phi) is 4.57. The van der Waals surface area contributed by atoms with Crippen molar-refractivity contribution in [1.82, 2.24) is 20.3 Å². The zero-order chi connectivity index (χ0) is 14.7. The lowest BCUT2D eigenvalue weighted by atomic mass is 9.84. The van der Waals surface area contributed by atoms with Gasteiger partial charge in [0, 0.05) is 32.4 Å². The number of nitrogens with zero attached hydrogens (tertiary/aromatic N) is 3. The summed E-state index contributed by atoms with van der Waals surface area (Å²) in [5.41, 5.74) is 1.01. The van der Waals surface area contributed by atoms with Gasteiger partial charge in [-0.05, 0) is 25.7 Å². The lowest BCUT2D eigenvalue weighted by molar-refractivity contribution is -0.145. The average Bonchev–Trinajstić information content (AvgIpc) is 2.95. The number of hydrogen-bond donors (Lipinski definition) is 1. The smallest absolute Gasteiger partial charge is 0.0965 e. The van der Waals surface area contributed by atoms with Crippen molar-refractivity contribution < 1.29 is 9.47 Å². The SMILES string of the molecule is CC(C)NCc1cn(C2CCOC3(CCOCC3)C2)nn1. The largest absolute Gasteiger partial charge is 0.381 e. The molecule has 6 nitrogen and oxygen atoms in total. The van der Waals surface area contributed by atoms with Gasteiger partial charge >= 0.3 is 0 Å². The molecule has 1 spiro atoms. The first-order valence-corrected chi connectivity index (χ1v) is 8.03. The molecule has 0 aromatic carbocycles. The van der Waals surface area contributed by atoms with Gasteiger partial charge in [0.2, 0.25) is 0 Å². The summed E-state index contributed by atoms with van der Waals surface area (Å²) in [6.45, 7) is 7.49. The maximum Gasteiger partial charge on any atom is 0.0965 e. The first-order valence-electron chi connectivity index (χ1n) is 8.03. The van der Waals surface area contributed by atoms with E-state index in [2.05, 4.69) is 35.7 Å². The molecule has 21 heavy (non-hydrogen) atoms. The molecular formula is C15H26N4O2. The molecule has 1 atom stereocenters. The summed E-state index contributed by atoms with van der Waals surface area (Å²) in [5.74, 6) is 0. The van der Waals surface area contributed by atoms with Gasteiger partial charge in [0.25, 0.3) is 0 Å². The van der Waals surface area contributed by atoms with E-state index in [1.807, 2.05) is 4.68 Å². The molecule has 0 aliphatic carbocycles. The molecule has 3 heterocycles. The van der Waals surface area contributed by atoms with Crippen LogP contribution in [-0.2, 0) is 16.0 Å². The predicted octanol–water partition coefficient (Wildman–Crippen LogP) is 1.68. The van der Waals surface area contributed by atoms with Crippen molar-refractivity contribution in [2.24, 2.45) is 0 Å². The van der Waals surface area contributed by atoms with Crippen molar-refractivity contribution in [2.45, 2.75) is 63.8 Å². The molecule has 2 saturated heterocycles. The van der Waals surface area contributed by atoms with Crippen LogP contribution in [0.3, 0.4) is 0 Å². The third-order valence-corrected chi connectivity index (χ3v) is 4.49. The highest BCUT2D eigenvalue weighted by Crippen LogP contribution is 2.38. The molecule has 2 fully saturated rings. The van der Waals surface area contributed by atoms with Crippen LogP contribution in [0.4, 0.5) is 0 Å². The monoisotopic (exact) mass is 294 g/mol. The van der Waals surface area contributed by atoms with E-state index >= 15 is 0 Å². The van der Waals surface area contributed by atoms with Gasteiger partial charge < -0.3 is 14.8 Å². The van der Waals surface area contributed by atoms with E-state index in [4.69, 9.17) is 9.47 Å². The first-order chi connectivity index (χ1) is 10.2. The molecule has 1 unspecified atom stereocenters. The van der Waals surface area contributed by atoms with Crippen LogP contribution in [0.25, 0.3) is 0 Å². The average molecular weight is 294 g/mol. The Hall–Kier alpha value is -0.980. The minimum atomic E-state index is 0.00344. The van der Waals surface area contributed by atoms with E-state index < -0.39 is 0 Å². The topological polar surface area (TPSA) is 61.2 Å². The molecule has 0 bridgehead atoms. The second-order valence-electron chi connectivity index (χ2n) is 6.52. The standard InChI is InChI=1S/C15H26N4O2/c1-12(2)16-10-13-11-19(18-17-13)14-3-6-21-15(9-14)4-7-20-8-5-15/h11-12,14,16H,3-10H2,1-2H3. The molecule has 3 rings (SSSR count). The highest BCUT2D eigenvalue weighted by Gasteiger charge is 2.39. The van der Waals surface area contributed by atoms with E-state index in [9.17, 15) is 0 Å². The van der Waals surface area contributed by atoms with Crippen LogP contribution < -0.4 is 5.32 Å². The molecule has 2 aliphatic heterocycles. The van der Waals surface area contributed by atoms with Gasteiger partial charge in [-0.3, -0.25) is 0 Å². The molecule has 118 valence electrons. The fourth-order valence-electron chi connectivity index (χ4n) is 3.20. The van der Waals surface area contributed by atoms with Crippen LogP contribution >= 0.6 is 0 Å². The molecule has 2 aliphatic rings. The lowest BCUT2D eigenvalue weighted by Crippen LogP contribution is -2.44. The Morgan fingerprint density at radius 2 is 2.19 bits per heavy atom. The fraction of sp³-hybridized carbons (Fsp3) is 0.867. The van der Waals surface area contributed by atoms with Crippen LogP contribution in [-0.4, -0.2) is 46.5 Å². The van der Waals surface area contributed by atoms with Crippen LogP contribution in [0.15, 0.2) is 6.20 Å². The first kappa shape index (κ1) is 14.9. The van der Waals surface area contributed by atoms with Crippen molar-refractivity contribution in [3.8, 4) is 0 Å². The Balaban J connectivity index is 1.63. The van der Waals surface area contributed by atoms with Crippen LogP contribution in [0.2, 0.25) is 0 Å². The van der Waals surface area contributed by atoms with E-state index in [1.165, 1.54) is 0 Å². The summed E-state index contributed by atoms with van der Waals surface area (Å²) in [6, 6.07) is 0.862. The zero-order valence-electron chi connectivity index (χ0n) is 13.0. The van der Waals surface area contributed by atoms with E-state index in [1.54, 1.807) is 0 Å². The van der Waals surface area contributed by atoms with Gasteiger partial charge in [-0.1, -0.05) is 19.1 Å². The van der Waals surface area contributed by atoms with E-state index in [-0.39, 0.29) is 5.60 Å². The van der Waals surface area contributed by atoms with Gasteiger partial charge in [0.1, 0.15) is 0 Å². The second kappa shape index (κ2) is 6.42. The summed E-state index contributed by atoms with van der Waals surface area (Å²) in [4.78, 5) is 0. The normalized spacial score (nSPS) is 25.6. The minimum absolute atomic E-state index is 0.00344. The maximum absolute atomic E-state index is 6.09. The number of hydrogen-bond acceptors (Lipinski definition) is 5. The quantitative estimate of drug-likeness (QED) is 0.915. The van der Waals surface area contributed by atoms with Gasteiger partial charge in [-0.15, -0.1) is 5.10 Å². The number of rotatable bonds is 4. The molecule has 1 N–H and O–H groups in total. The Labute approximate surface area is 126 Å². The van der Waals surface area contributed by atoms with Gasteiger partial charge in [0.05, 0.1) is 23.5 Å². The van der Waals surface area contributed by atoms with Crippen molar-refractivity contribution in [3.63, 3.8) is 0 Å². The molecule has 0 saturated carbocycles.